The van der Waals surface area contributed by atoms with Gasteiger partial charge < -0.3 is 0 Å². The van der Waals surface area contributed by atoms with Crippen molar-refractivity contribution >= 4 is 0 Å². The monoisotopic (exact) mass is 210 g/mol. The molecule has 0 saturated heterocycles. The number of rotatable bonds is 7. The minimum absolute atomic E-state index is 0.689. The Morgan fingerprint density at radius 2 is 1.47 bits per heavy atom. The molecule has 0 aliphatic carbocycles. The van der Waals surface area contributed by atoms with E-state index in [1.165, 1.54) is 19.3 Å². The van der Waals surface area contributed by atoms with Crippen molar-refractivity contribution in [2.45, 2.75) is 60.8 Å². The van der Waals surface area contributed by atoms with E-state index in [4.69, 9.17) is 0 Å². The molecule has 0 aromatic carbocycles. The van der Waals surface area contributed by atoms with Crippen molar-refractivity contribution in [1.29, 1.82) is 0 Å². The molecule has 3 atom stereocenters. The number of allylic oxidation sites excluding steroid dienone is 2. The lowest BCUT2D eigenvalue weighted by Crippen LogP contribution is -2.07. The summed E-state index contributed by atoms with van der Waals surface area (Å²) in [7, 11) is 0. The molecule has 0 N–H and O–H groups in total. The average Bonchev–Trinajstić information content (AvgIpc) is 2.21. The summed E-state index contributed by atoms with van der Waals surface area (Å²) in [6.45, 7) is 13.9. The van der Waals surface area contributed by atoms with Gasteiger partial charge in [-0.2, -0.15) is 0 Å². The lowest BCUT2D eigenvalue weighted by atomic mass is 9.87. The standard InChI is InChI=1S/C15H30/c1-7-13(4)9-11-15(6)14(5)10-8-12(2)3/h8,10,12-15H,7,9,11H2,1-6H3/b10-8-. The SMILES string of the molecule is CCC(C)CCC(C)C(C)/C=C\C(C)C. The third kappa shape index (κ3) is 7.64. The third-order valence-corrected chi connectivity index (χ3v) is 3.51. The fraction of sp³-hybridized carbons (Fsp3) is 0.867. The van der Waals surface area contributed by atoms with Crippen LogP contribution in [0.1, 0.15) is 60.8 Å². The molecule has 0 saturated carbocycles. The van der Waals surface area contributed by atoms with Gasteiger partial charge in [0.25, 0.3) is 0 Å². The molecule has 3 unspecified atom stereocenters. The highest BCUT2D eigenvalue weighted by molar-refractivity contribution is 4.90. The first-order valence-electron chi connectivity index (χ1n) is 6.65. The van der Waals surface area contributed by atoms with Crippen molar-refractivity contribution in [1.82, 2.24) is 0 Å². The van der Waals surface area contributed by atoms with E-state index in [-0.39, 0.29) is 0 Å². The van der Waals surface area contributed by atoms with E-state index in [9.17, 15) is 0 Å². The van der Waals surface area contributed by atoms with E-state index in [1.807, 2.05) is 0 Å². The molecule has 0 spiro atoms. The van der Waals surface area contributed by atoms with Crippen LogP contribution in [0.15, 0.2) is 12.2 Å². The van der Waals surface area contributed by atoms with Gasteiger partial charge in [0.1, 0.15) is 0 Å². The first-order chi connectivity index (χ1) is 6.97. The van der Waals surface area contributed by atoms with Crippen molar-refractivity contribution in [3.8, 4) is 0 Å². The highest BCUT2D eigenvalue weighted by Gasteiger charge is 2.10. The average molecular weight is 210 g/mol. The Morgan fingerprint density at radius 3 is 1.93 bits per heavy atom. The van der Waals surface area contributed by atoms with Gasteiger partial charge in [-0.3, -0.25) is 0 Å². The van der Waals surface area contributed by atoms with E-state index in [0.717, 1.165) is 17.8 Å². The van der Waals surface area contributed by atoms with Gasteiger partial charge >= 0.3 is 0 Å². The highest BCUT2D eigenvalue weighted by Crippen LogP contribution is 2.22. The Balaban J connectivity index is 3.83. The van der Waals surface area contributed by atoms with Gasteiger partial charge in [-0.05, 0) is 30.1 Å². The summed E-state index contributed by atoms with van der Waals surface area (Å²) in [4.78, 5) is 0. The molecule has 0 rings (SSSR count). The van der Waals surface area contributed by atoms with Crippen LogP contribution in [-0.4, -0.2) is 0 Å². The third-order valence-electron chi connectivity index (χ3n) is 3.51. The normalized spacial score (nSPS) is 18.3. The number of hydrogen-bond acceptors (Lipinski definition) is 0. The molecular formula is C15H30. The molecule has 0 heteroatoms. The van der Waals surface area contributed by atoms with Gasteiger partial charge in [-0.15, -0.1) is 0 Å². The fourth-order valence-corrected chi connectivity index (χ4v) is 1.60. The van der Waals surface area contributed by atoms with Crippen LogP contribution in [0.2, 0.25) is 0 Å². The Bertz CT molecular complexity index is 167. The topological polar surface area (TPSA) is 0 Å². The van der Waals surface area contributed by atoms with E-state index < -0.39 is 0 Å². The second-order valence-electron chi connectivity index (χ2n) is 5.56. The highest BCUT2D eigenvalue weighted by atomic mass is 14.2. The van der Waals surface area contributed by atoms with Crippen LogP contribution in [0.5, 0.6) is 0 Å². The predicted molar refractivity (Wildman–Crippen MR) is 71.0 cm³/mol. The van der Waals surface area contributed by atoms with Crippen molar-refractivity contribution in [3.05, 3.63) is 12.2 Å². The maximum Gasteiger partial charge on any atom is -0.0236 e. The maximum absolute atomic E-state index is 2.39. The lowest BCUT2D eigenvalue weighted by Gasteiger charge is -2.18. The van der Waals surface area contributed by atoms with Gasteiger partial charge in [0.2, 0.25) is 0 Å². The first kappa shape index (κ1) is 14.7. The minimum atomic E-state index is 0.689. The van der Waals surface area contributed by atoms with Crippen molar-refractivity contribution in [2.75, 3.05) is 0 Å². The summed E-state index contributed by atoms with van der Waals surface area (Å²) >= 11 is 0. The van der Waals surface area contributed by atoms with E-state index >= 15 is 0 Å². The summed E-state index contributed by atoms with van der Waals surface area (Å²) in [6.07, 6.45) is 8.81. The van der Waals surface area contributed by atoms with Gasteiger partial charge in [0, 0.05) is 0 Å². The van der Waals surface area contributed by atoms with Crippen LogP contribution in [0.4, 0.5) is 0 Å². The predicted octanol–water partition coefficient (Wildman–Crippen LogP) is 5.30. The molecule has 0 aliphatic rings. The Labute approximate surface area is 97.2 Å². The lowest BCUT2D eigenvalue weighted by molar-refractivity contribution is 0.369. The molecule has 0 aromatic heterocycles. The maximum atomic E-state index is 2.39. The minimum Gasteiger partial charge on any atom is -0.0857 e. The summed E-state index contributed by atoms with van der Waals surface area (Å²) in [5.74, 6) is 3.15. The molecule has 0 aliphatic heterocycles. The molecule has 0 amide bonds. The Hall–Kier alpha value is -0.260. The summed E-state index contributed by atoms with van der Waals surface area (Å²) in [5.41, 5.74) is 0. The van der Waals surface area contributed by atoms with E-state index in [1.54, 1.807) is 0 Å². The van der Waals surface area contributed by atoms with Crippen LogP contribution in [-0.2, 0) is 0 Å². The molecule has 90 valence electrons. The zero-order valence-electron chi connectivity index (χ0n) is 11.6. The van der Waals surface area contributed by atoms with Crippen LogP contribution in [0.3, 0.4) is 0 Å². The Kier molecular flexibility index (Phi) is 7.82. The molecular weight excluding hydrogens is 180 g/mol. The molecule has 0 aromatic rings. The van der Waals surface area contributed by atoms with Crippen molar-refractivity contribution in [2.24, 2.45) is 23.7 Å². The summed E-state index contributed by atoms with van der Waals surface area (Å²) in [6, 6.07) is 0. The molecule has 0 nitrogen and oxygen atoms in total. The molecule has 0 radical (unpaired) electrons. The second kappa shape index (κ2) is 7.96. The van der Waals surface area contributed by atoms with Crippen LogP contribution in [0, 0.1) is 23.7 Å². The van der Waals surface area contributed by atoms with Crippen molar-refractivity contribution in [3.63, 3.8) is 0 Å². The molecule has 0 fully saturated rings. The van der Waals surface area contributed by atoms with E-state index in [0.29, 0.717) is 5.92 Å². The number of hydrogen-bond donors (Lipinski definition) is 0. The zero-order valence-corrected chi connectivity index (χ0v) is 11.6. The van der Waals surface area contributed by atoms with Crippen molar-refractivity contribution < 1.29 is 0 Å². The van der Waals surface area contributed by atoms with Gasteiger partial charge in [-0.25, -0.2) is 0 Å². The molecule has 0 bridgehead atoms. The fourth-order valence-electron chi connectivity index (χ4n) is 1.60. The first-order valence-corrected chi connectivity index (χ1v) is 6.65. The van der Waals surface area contributed by atoms with Gasteiger partial charge in [0.15, 0.2) is 0 Å². The second-order valence-corrected chi connectivity index (χ2v) is 5.56. The largest absolute Gasteiger partial charge is 0.0857 e. The van der Waals surface area contributed by atoms with Gasteiger partial charge in [-0.1, -0.05) is 66.5 Å². The van der Waals surface area contributed by atoms with Crippen LogP contribution in [0.25, 0.3) is 0 Å². The smallest absolute Gasteiger partial charge is 0.0236 e. The summed E-state index contributed by atoms with van der Waals surface area (Å²) in [5, 5.41) is 0. The Morgan fingerprint density at radius 1 is 0.867 bits per heavy atom. The van der Waals surface area contributed by atoms with Gasteiger partial charge in [0.05, 0.1) is 0 Å². The molecule has 0 heterocycles. The summed E-state index contributed by atoms with van der Waals surface area (Å²) < 4.78 is 0. The van der Waals surface area contributed by atoms with Crippen LogP contribution >= 0.6 is 0 Å². The zero-order chi connectivity index (χ0) is 11.8. The van der Waals surface area contributed by atoms with Crippen LogP contribution < -0.4 is 0 Å². The van der Waals surface area contributed by atoms with E-state index in [2.05, 4.69) is 53.7 Å². The quantitative estimate of drug-likeness (QED) is 0.500. The molecule has 15 heavy (non-hydrogen) atoms.